The van der Waals surface area contributed by atoms with Crippen molar-refractivity contribution >= 4 is 0 Å². The molecule has 0 spiro atoms. The van der Waals surface area contributed by atoms with E-state index in [4.69, 9.17) is 4.42 Å². The first-order valence-corrected chi connectivity index (χ1v) is 6.77. The second-order valence-corrected chi connectivity index (χ2v) is 5.32. The molecular weight excluding hydrogens is 241 g/mol. The predicted molar refractivity (Wildman–Crippen MR) is 72.4 cm³/mol. The van der Waals surface area contributed by atoms with Gasteiger partial charge in [-0.1, -0.05) is 12.1 Å². The van der Waals surface area contributed by atoms with Gasteiger partial charge in [0.25, 0.3) is 0 Å². The number of hydrogen-bond acceptors (Lipinski definition) is 2. The summed E-state index contributed by atoms with van der Waals surface area (Å²) in [7, 11) is 0. The molecule has 2 nitrogen and oxygen atoms in total. The number of nitrogens with one attached hydrogen (secondary N) is 1. The maximum atomic E-state index is 12.9. The van der Waals surface area contributed by atoms with Gasteiger partial charge in [0, 0.05) is 6.04 Å². The number of furan rings is 1. The van der Waals surface area contributed by atoms with Crippen molar-refractivity contribution in [2.75, 3.05) is 0 Å². The summed E-state index contributed by atoms with van der Waals surface area (Å²) in [5.41, 5.74) is 1.24. The number of hydrogen-bond donors (Lipinski definition) is 1. The van der Waals surface area contributed by atoms with Gasteiger partial charge in [-0.2, -0.15) is 0 Å². The van der Waals surface area contributed by atoms with Crippen molar-refractivity contribution in [3.05, 3.63) is 59.8 Å². The quantitative estimate of drug-likeness (QED) is 0.897. The van der Waals surface area contributed by atoms with E-state index in [1.807, 2.05) is 24.3 Å². The molecule has 0 amide bonds. The largest absolute Gasteiger partial charge is 0.468 e. The Kier molecular flexibility index (Phi) is 3.38. The summed E-state index contributed by atoms with van der Waals surface area (Å²) in [5.74, 6) is 1.37. The Labute approximate surface area is 112 Å². The minimum atomic E-state index is -0.163. The highest BCUT2D eigenvalue weighted by molar-refractivity contribution is 5.23. The summed E-state index contributed by atoms with van der Waals surface area (Å²) in [6.07, 6.45) is 3.92. The number of benzene rings is 1. The molecular formula is C16H18FNO. The average Bonchev–Trinajstić information content (AvgIpc) is 2.88. The van der Waals surface area contributed by atoms with Crippen LogP contribution in [0, 0.1) is 5.82 Å². The molecule has 1 N–H and O–H groups in total. The highest BCUT2D eigenvalue weighted by Gasteiger charge is 2.31. The summed E-state index contributed by atoms with van der Waals surface area (Å²) >= 11 is 0. The van der Waals surface area contributed by atoms with Gasteiger partial charge in [-0.05, 0) is 55.5 Å². The second kappa shape index (κ2) is 5.17. The van der Waals surface area contributed by atoms with Gasteiger partial charge in [0.15, 0.2) is 0 Å². The van der Waals surface area contributed by atoms with Gasteiger partial charge in [-0.15, -0.1) is 0 Å². The molecule has 1 aromatic heterocycles. The van der Waals surface area contributed by atoms with Crippen molar-refractivity contribution < 1.29 is 8.81 Å². The van der Waals surface area contributed by atoms with Gasteiger partial charge >= 0.3 is 0 Å². The lowest BCUT2D eigenvalue weighted by molar-refractivity contribution is 0.258. The van der Waals surface area contributed by atoms with Gasteiger partial charge in [0.2, 0.25) is 0 Å². The minimum Gasteiger partial charge on any atom is -0.468 e. The summed E-state index contributed by atoms with van der Waals surface area (Å²) in [5, 5.41) is 3.56. The summed E-state index contributed by atoms with van der Waals surface area (Å²) in [6.45, 7) is 2.12. The zero-order valence-electron chi connectivity index (χ0n) is 11.0. The molecule has 1 fully saturated rings. The molecule has 19 heavy (non-hydrogen) atoms. The molecule has 1 heterocycles. The van der Waals surface area contributed by atoms with Crippen LogP contribution in [0.3, 0.4) is 0 Å². The lowest BCUT2D eigenvalue weighted by Gasteiger charge is -2.37. The molecule has 1 saturated carbocycles. The second-order valence-electron chi connectivity index (χ2n) is 5.32. The van der Waals surface area contributed by atoms with Crippen LogP contribution in [0.1, 0.15) is 43.0 Å². The monoisotopic (exact) mass is 259 g/mol. The number of halogens is 1. The molecule has 0 aliphatic heterocycles. The van der Waals surface area contributed by atoms with Gasteiger partial charge < -0.3 is 9.73 Å². The van der Waals surface area contributed by atoms with Crippen LogP contribution >= 0.6 is 0 Å². The highest BCUT2D eigenvalue weighted by Crippen LogP contribution is 2.37. The Morgan fingerprint density at radius 1 is 1.21 bits per heavy atom. The van der Waals surface area contributed by atoms with E-state index in [2.05, 4.69) is 12.2 Å². The third-order valence-electron chi connectivity index (χ3n) is 3.94. The molecule has 1 aliphatic rings. The van der Waals surface area contributed by atoms with Crippen LogP contribution in [-0.2, 0) is 0 Å². The lowest BCUT2D eigenvalue weighted by atomic mass is 9.75. The van der Waals surface area contributed by atoms with Gasteiger partial charge in [-0.25, -0.2) is 4.39 Å². The Hall–Kier alpha value is -1.61. The fourth-order valence-electron chi connectivity index (χ4n) is 2.73. The topological polar surface area (TPSA) is 25.2 Å². The first-order chi connectivity index (χ1) is 9.22. The Morgan fingerprint density at radius 2 is 1.95 bits per heavy atom. The van der Waals surface area contributed by atoms with E-state index in [1.54, 1.807) is 18.4 Å². The molecule has 0 saturated heterocycles. The average molecular weight is 259 g/mol. The summed E-state index contributed by atoms with van der Waals surface area (Å²) in [6, 6.07) is 11.6. The normalized spacial score (nSPS) is 23.9. The predicted octanol–water partition coefficient (Wildman–Crippen LogP) is 4.02. The fraction of sp³-hybridized carbons (Fsp3) is 0.375. The van der Waals surface area contributed by atoms with E-state index in [0.717, 1.165) is 18.6 Å². The maximum Gasteiger partial charge on any atom is 0.123 e. The highest BCUT2D eigenvalue weighted by atomic mass is 19.1. The maximum absolute atomic E-state index is 12.9. The molecule has 100 valence electrons. The molecule has 1 aromatic carbocycles. The first-order valence-electron chi connectivity index (χ1n) is 6.77. The zero-order valence-corrected chi connectivity index (χ0v) is 11.0. The first kappa shape index (κ1) is 12.4. The van der Waals surface area contributed by atoms with E-state index in [9.17, 15) is 4.39 Å². The molecule has 0 radical (unpaired) electrons. The van der Waals surface area contributed by atoms with Crippen molar-refractivity contribution in [1.29, 1.82) is 0 Å². The van der Waals surface area contributed by atoms with Crippen molar-refractivity contribution in [2.45, 2.75) is 37.8 Å². The van der Waals surface area contributed by atoms with Crippen molar-refractivity contribution in [1.82, 2.24) is 5.32 Å². The van der Waals surface area contributed by atoms with Crippen molar-refractivity contribution in [3.8, 4) is 0 Å². The van der Waals surface area contributed by atoms with E-state index in [0.29, 0.717) is 12.0 Å². The number of rotatable bonds is 4. The molecule has 1 aliphatic carbocycles. The van der Waals surface area contributed by atoms with Gasteiger partial charge in [-0.3, -0.25) is 0 Å². The van der Waals surface area contributed by atoms with Crippen LogP contribution in [0.25, 0.3) is 0 Å². The Bertz CT molecular complexity index is 514. The molecule has 3 rings (SSSR count). The third-order valence-corrected chi connectivity index (χ3v) is 3.94. The van der Waals surface area contributed by atoms with Crippen LogP contribution in [0.15, 0.2) is 47.1 Å². The van der Waals surface area contributed by atoms with E-state index in [-0.39, 0.29) is 11.9 Å². The molecule has 0 unspecified atom stereocenters. The smallest absolute Gasteiger partial charge is 0.123 e. The van der Waals surface area contributed by atoms with Crippen LogP contribution in [-0.4, -0.2) is 6.04 Å². The summed E-state index contributed by atoms with van der Waals surface area (Å²) in [4.78, 5) is 0. The van der Waals surface area contributed by atoms with E-state index in [1.165, 1.54) is 5.56 Å². The minimum absolute atomic E-state index is 0.163. The lowest BCUT2D eigenvalue weighted by Crippen LogP contribution is -2.41. The van der Waals surface area contributed by atoms with Gasteiger partial charge in [0.05, 0.1) is 12.3 Å². The molecule has 0 bridgehead atoms. The van der Waals surface area contributed by atoms with Crippen LogP contribution < -0.4 is 5.32 Å². The Morgan fingerprint density at radius 3 is 2.58 bits per heavy atom. The van der Waals surface area contributed by atoms with Crippen LogP contribution in [0.4, 0.5) is 4.39 Å². The van der Waals surface area contributed by atoms with Crippen molar-refractivity contribution in [2.24, 2.45) is 0 Å². The summed E-state index contributed by atoms with van der Waals surface area (Å²) < 4.78 is 18.2. The molecule has 1 atom stereocenters. The molecule has 2 aromatic rings. The standard InChI is InChI=1S/C16H18FNO/c1-11(16-3-2-8-19-16)18-15-9-13(10-15)12-4-6-14(17)7-5-12/h2-8,11,13,15,18H,9-10H2,1H3/t11-,13?,15?/m0/s1. The molecule has 3 heteroatoms. The fourth-order valence-corrected chi connectivity index (χ4v) is 2.73. The van der Waals surface area contributed by atoms with Gasteiger partial charge in [0.1, 0.15) is 11.6 Å². The SMILES string of the molecule is C[C@H](NC1CC(c2ccc(F)cc2)C1)c1ccco1. The third kappa shape index (κ3) is 2.71. The van der Waals surface area contributed by atoms with E-state index >= 15 is 0 Å². The van der Waals surface area contributed by atoms with Crippen molar-refractivity contribution in [3.63, 3.8) is 0 Å². The van der Waals surface area contributed by atoms with Crippen LogP contribution in [0.2, 0.25) is 0 Å². The zero-order chi connectivity index (χ0) is 13.2. The van der Waals surface area contributed by atoms with E-state index < -0.39 is 0 Å². The van der Waals surface area contributed by atoms with Crippen LogP contribution in [0.5, 0.6) is 0 Å². The Balaban J connectivity index is 1.51.